The van der Waals surface area contributed by atoms with Crippen LogP contribution >= 0.6 is 0 Å². The van der Waals surface area contributed by atoms with E-state index >= 15 is 0 Å². The molecule has 0 saturated carbocycles. The Morgan fingerprint density at radius 2 is 2.15 bits per heavy atom. The molecule has 0 aromatic carbocycles. The van der Waals surface area contributed by atoms with Crippen molar-refractivity contribution in [3.05, 3.63) is 0 Å². The third-order valence-electron chi connectivity index (χ3n) is 2.24. The summed E-state index contributed by atoms with van der Waals surface area (Å²) in [5.41, 5.74) is 0. The Kier molecular flexibility index (Phi) is 3.44. The van der Waals surface area contributed by atoms with E-state index in [4.69, 9.17) is 5.11 Å². The fourth-order valence-electron chi connectivity index (χ4n) is 1.34. The van der Waals surface area contributed by atoms with E-state index in [1.54, 1.807) is 0 Å². The van der Waals surface area contributed by atoms with Gasteiger partial charge in [0, 0.05) is 28.3 Å². The van der Waals surface area contributed by atoms with E-state index in [1.807, 2.05) is 13.8 Å². The van der Waals surface area contributed by atoms with Crippen molar-refractivity contribution >= 4 is 16.8 Å². The average Bonchev–Trinajstić information content (AvgIpc) is 2.03. The van der Waals surface area contributed by atoms with E-state index in [-0.39, 0.29) is 11.8 Å². The van der Waals surface area contributed by atoms with Crippen LogP contribution in [0.3, 0.4) is 0 Å². The van der Waals surface area contributed by atoms with Gasteiger partial charge in [0.15, 0.2) is 0 Å². The van der Waals surface area contributed by atoms with E-state index in [9.17, 15) is 9.00 Å². The first-order valence-corrected chi connectivity index (χ1v) is 5.83. The van der Waals surface area contributed by atoms with Crippen molar-refractivity contribution in [1.29, 1.82) is 0 Å². The van der Waals surface area contributed by atoms with Gasteiger partial charge in [0.2, 0.25) is 0 Å². The van der Waals surface area contributed by atoms with Crippen LogP contribution in [-0.4, -0.2) is 38.9 Å². The molecule has 5 heteroatoms. The highest BCUT2D eigenvalue weighted by atomic mass is 32.2. The Labute approximate surface area is 80.2 Å². The van der Waals surface area contributed by atoms with E-state index in [0.717, 1.165) is 0 Å². The van der Waals surface area contributed by atoms with Crippen LogP contribution < -0.4 is 5.32 Å². The summed E-state index contributed by atoms with van der Waals surface area (Å²) >= 11 is 0. The third kappa shape index (κ3) is 2.77. The maximum atomic E-state index is 11.3. The SMILES string of the molecule is CC(C)C1CS(=O)CC(C(=O)O)N1. The van der Waals surface area contributed by atoms with Crippen molar-refractivity contribution in [2.24, 2.45) is 5.92 Å². The third-order valence-corrected chi connectivity index (χ3v) is 3.67. The molecule has 13 heavy (non-hydrogen) atoms. The highest BCUT2D eigenvalue weighted by molar-refractivity contribution is 7.85. The van der Waals surface area contributed by atoms with E-state index < -0.39 is 22.8 Å². The molecule has 1 fully saturated rings. The zero-order valence-electron chi connectivity index (χ0n) is 7.82. The molecule has 0 amide bonds. The molecule has 76 valence electrons. The predicted octanol–water partition coefficient (Wildman–Crippen LogP) is -0.184. The van der Waals surface area contributed by atoms with Crippen LogP contribution in [0.4, 0.5) is 0 Å². The number of hydrogen-bond donors (Lipinski definition) is 2. The van der Waals surface area contributed by atoms with Crippen LogP contribution in [0.2, 0.25) is 0 Å². The van der Waals surface area contributed by atoms with Gasteiger partial charge in [0.25, 0.3) is 0 Å². The molecule has 3 atom stereocenters. The highest BCUT2D eigenvalue weighted by Crippen LogP contribution is 2.10. The molecule has 1 saturated heterocycles. The fourth-order valence-corrected chi connectivity index (χ4v) is 2.96. The van der Waals surface area contributed by atoms with Crippen molar-refractivity contribution in [1.82, 2.24) is 5.32 Å². The van der Waals surface area contributed by atoms with Crippen molar-refractivity contribution < 1.29 is 14.1 Å². The summed E-state index contributed by atoms with van der Waals surface area (Å²) in [6, 6.07) is -0.572. The average molecular weight is 205 g/mol. The lowest BCUT2D eigenvalue weighted by Crippen LogP contribution is -2.55. The largest absolute Gasteiger partial charge is 0.480 e. The van der Waals surface area contributed by atoms with Crippen molar-refractivity contribution in [2.45, 2.75) is 25.9 Å². The van der Waals surface area contributed by atoms with Crippen molar-refractivity contribution in [3.8, 4) is 0 Å². The van der Waals surface area contributed by atoms with Crippen molar-refractivity contribution in [3.63, 3.8) is 0 Å². The first kappa shape index (κ1) is 10.7. The van der Waals surface area contributed by atoms with E-state index in [2.05, 4.69) is 5.32 Å². The summed E-state index contributed by atoms with van der Waals surface area (Å²) in [7, 11) is -0.985. The summed E-state index contributed by atoms with van der Waals surface area (Å²) in [6.07, 6.45) is 0. The topological polar surface area (TPSA) is 66.4 Å². The van der Waals surface area contributed by atoms with Crippen LogP contribution in [0.1, 0.15) is 13.8 Å². The van der Waals surface area contributed by atoms with Gasteiger partial charge in [-0.25, -0.2) is 0 Å². The van der Waals surface area contributed by atoms with Gasteiger partial charge < -0.3 is 5.11 Å². The molecule has 0 bridgehead atoms. The van der Waals surface area contributed by atoms with Gasteiger partial charge in [-0.15, -0.1) is 0 Å². The minimum absolute atomic E-state index is 0.0654. The van der Waals surface area contributed by atoms with E-state index in [0.29, 0.717) is 11.7 Å². The number of rotatable bonds is 2. The first-order valence-electron chi connectivity index (χ1n) is 4.34. The molecule has 0 aromatic rings. The number of nitrogens with one attached hydrogen (secondary N) is 1. The summed E-state index contributed by atoms with van der Waals surface area (Å²) in [5.74, 6) is 0.227. The zero-order valence-corrected chi connectivity index (χ0v) is 8.63. The number of carboxylic acids is 1. The smallest absolute Gasteiger partial charge is 0.321 e. The molecule has 0 aliphatic carbocycles. The Morgan fingerprint density at radius 3 is 2.62 bits per heavy atom. The molecule has 3 unspecified atom stereocenters. The maximum absolute atomic E-state index is 11.3. The number of hydrogen-bond acceptors (Lipinski definition) is 3. The van der Waals surface area contributed by atoms with Gasteiger partial charge in [0.05, 0.1) is 0 Å². The standard InChI is InChI=1S/C8H15NO3S/c1-5(2)6-3-13(12)4-7(9-6)8(10)11/h5-7,9H,3-4H2,1-2H3,(H,10,11). The molecule has 1 heterocycles. The van der Waals surface area contributed by atoms with Gasteiger partial charge in [-0.05, 0) is 5.92 Å². The number of carbonyl (C=O) groups is 1. The second kappa shape index (κ2) is 4.19. The lowest BCUT2D eigenvalue weighted by molar-refractivity contribution is -0.139. The predicted molar refractivity (Wildman–Crippen MR) is 51.1 cm³/mol. The Hall–Kier alpha value is -0.420. The zero-order chi connectivity index (χ0) is 10.0. The summed E-state index contributed by atoms with van der Waals surface area (Å²) in [5, 5.41) is 11.7. The first-order chi connectivity index (χ1) is 6.00. The second-order valence-electron chi connectivity index (χ2n) is 3.68. The summed E-state index contributed by atoms with van der Waals surface area (Å²) < 4.78 is 11.3. The Bertz CT molecular complexity index is 229. The van der Waals surface area contributed by atoms with E-state index in [1.165, 1.54) is 0 Å². The molecular formula is C8H15NO3S. The van der Waals surface area contributed by atoms with Gasteiger partial charge >= 0.3 is 5.97 Å². The molecule has 1 rings (SSSR count). The molecule has 1 aliphatic rings. The summed E-state index contributed by atoms with van der Waals surface area (Å²) in [6.45, 7) is 4.00. The fraction of sp³-hybridized carbons (Fsp3) is 0.875. The van der Waals surface area contributed by atoms with Crippen LogP contribution in [0.5, 0.6) is 0 Å². The quantitative estimate of drug-likeness (QED) is 0.656. The normalized spacial score (nSPS) is 34.8. The number of aliphatic carboxylic acids is 1. The highest BCUT2D eigenvalue weighted by Gasteiger charge is 2.31. The van der Waals surface area contributed by atoms with Gasteiger partial charge in [-0.2, -0.15) is 0 Å². The Balaban J connectivity index is 2.63. The second-order valence-corrected chi connectivity index (χ2v) is 5.23. The lowest BCUT2D eigenvalue weighted by Gasteiger charge is -2.30. The van der Waals surface area contributed by atoms with Crippen LogP contribution in [0.25, 0.3) is 0 Å². The minimum atomic E-state index is -0.985. The monoisotopic (exact) mass is 205 g/mol. The minimum Gasteiger partial charge on any atom is -0.480 e. The van der Waals surface area contributed by atoms with Crippen LogP contribution in [-0.2, 0) is 15.6 Å². The summed E-state index contributed by atoms with van der Waals surface area (Å²) in [4.78, 5) is 10.7. The van der Waals surface area contributed by atoms with Crippen LogP contribution in [0.15, 0.2) is 0 Å². The molecule has 0 aromatic heterocycles. The maximum Gasteiger partial charge on any atom is 0.321 e. The molecule has 1 aliphatic heterocycles. The molecule has 2 N–H and O–H groups in total. The lowest BCUT2D eigenvalue weighted by atomic mass is 10.1. The molecule has 4 nitrogen and oxygen atoms in total. The van der Waals surface area contributed by atoms with Crippen molar-refractivity contribution in [2.75, 3.05) is 11.5 Å². The molecule has 0 spiro atoms. The van der Waals surface area contributed by atoms with Gasteiger partial charge in [-0.3, -0.25) is 14.3 Å². The Morgan fingerprint density at radius 1 is 1.54 bits per heavy atom. The molecule has 0 radical (unpaired) electrons. The molecular weight excluding hydrogens is 190 g/mol. The van der Waals surface area contributed by atoms with Gasteiger partial charge in [-0.1, -0.05) is 13.8 Å². The number of carboxylic acid groups (broad SMARTS) is 1. The van der Waals surface area contributed by atoms with Crippen LogP contribution in [0, 0.1) is 5.92 Å². The van der Waals surface area contributed by atoms with Gasteiger partial charge in [0.1, 0.15) is 6.04 Å².